The minimum Gasteiger partial charge on any atom is -0.383 e. The Kier molecular flexibility index (Phi) is 7.87. The first kappa shape index (κ1) is 16.2. The molecule has 0 spiro atoms. The van der Waals surface area contributed by atoms with Crippen molar-refractivity contribution in [2.75, 3.05) is 46.9 Å². The van der Waals surface area contributed by atoms with Gasteiger partial charge in [0.1, 0.15) is 0 Å². The Bertz CT molecular complexity index is 240. The van der Waals surface area contributed by atoms with Crippen molar-refractivity contribution in [3.8, 4) is 6.07 Å². The van der Waals surface area contributed by atoms with E-state index >= 15 is 0 Å². The van der Waals surface area contributed by atoms with Crippen molar-refractivity contribution in [3.05, 3.63) is 0 Å². The van der Waals surface area contributed by atoms with Gasteiger partial charge >= 0.3 is 6.18 Å². The van der Waals surface area contributed by atoms with Gasteiger partial charge in [0, 0.05) is 33.3 Å². The van der Waals surface area contributed by atoms with E-state index in [0.717, 1.165) is 6.54 Å². The van der Waals surface area contributed by atoms with Crippen LogP contribution in [0.15, 0.2) is 0 Å². The van der Waals surface area contributed by atoms with E-state index in [2.05, 4.69) is 5.32 Å². The van der Waals surface area contributed by atoms with Gasteiger partial charge in [0.25, 0.3) is 0 Å². The predicted octanol–water partition coefficient (Wildman–Crippen LogP) is 0.856. The molecule has 0 heterocycles. The molecule has 0 aliphatic rings. The van der Waals surface area contributed by atoms with E-state index in [1.54, 1.807) is 7.11 Å². The van der Waals surface area contributed by atoms with Crippen LogP contribution in [-0.2, 0) is 4.74 Å². The summed E-state index contributed by atoms with van der Waals surface area (Å²) in [4.78, 5) is 1.94. The number of alkyl halides is 3. The highest BCUT2D eigenvalue weighted by atomic mass is 19.4. The van der Waals surface area contributed by atoms with Crippen molar-refractivity contribution < 1.29 is 17.9 Å². The third-order valence-electron chi connectivity index (χ3n) is 2.25. The SMILES string of the molecule is COCCN(C)CCNCC(C#N)C(F)(F)F. The molecule has 0 saturated carbocycles. The highest BCUT2D eigenvalue weighted by Gasteiger charge is 2.39. The van der Waals surface area contributed by atoms with Gasteiger partial charge in [0.2, 0.25) is 0 Å². The van der Waals surface area contributed by atoms with Crippen LogP contribution in [0, 0.1) is 17.2 Å². The standard InChI is InChI=1S/C10H18F3N3O/c1-16(5-6-17-2)4-3-15-8-9(7-14)10(11,12)13/h9,15H,3-6,8H2,1-2H3. The van der Waals surface area contributed by atoms with Gasteiger partial charge in [-0.05, 0) is 7.05 Å². The summed E-state index contributed by atoms with van der Waals surface area (Å²) in [5, 5.41) is 11.0. The maximum atomic E-state index is 12.2. The summed E-state index contributed by atoms with van der Waals surface area (Å²) in [6.45, 7) is 1.96. The van der Waals surface area contributed by atoms with E-state index in [-0.39, 0.29) is 6.54 Å². The second kappa shape index (κ2) is 8.28. The zero-order valence-electron chi connectivity index (χ0n) is 10.0. The molecule has 0 aromatic rings. The normalized spacial score (nSPS) is 13.7. The minimum atomic E-state index is -4.45. The lowest BCUT2D eigenvalue weighted by Crippen LogP contribution is -2.37. The topological polar surface area (TPSA) is 48.3 Å². The molecule has 0 fully saturated rings. The van der Waals surface area contributed by atoms with E-state index in [1.807, 2.05) is 11.9 Å². The fourth-order valence-corrected chi connectivity index (χ4v) is 1.11. The smallest absolute Gasteiger partial charge is 0.383 e. The Morgan fingerprint density at radius 2 is 2.06 bits per heavy atom. The summed E-state index contributed by atoms with van der Waals surface area (Å²) in [5.74, 6) is -1.94. The number of hydrogen-bond donors (Lipinski definition) is 1. The van der Waals surface area contributed by atoms with Crippen molar-refractivity contribution in [2.24, 2.45) is 5.92 Å². The largest absolute Gasteiger partial charge is 0.405 e. The lowest BCUT2D eigenvalue weighted by molar-refractivity contribution is -0.157. The lowest BCUT2D eigenvalue weighted by Gasteiger charge is -2.18. The van der Waals surface area contributed by atoms with E-state index < -0.39 is 12.1 Å². The molecule has 0 aliphatic heterocycles. The highest BCUT2D eigenvalue weighted by Crippen LogP contribution is 2.24. The Morgan fingerprint density at radius 3 is 2.53 bits per heavy atom. The minimum absolute atomic E-state index is 0.363. The van der Waals surface area contributed by atoms with E-state index in [9.17, 15) is 13.2 Å². The predicted molar refractivity (Wildman–Crippen MR) is 57.4 cm³/mol. The number of hydrogen-bond acceptors (Lipinski definition) is 4. The molecule has 17 heavy (non-hydrogen) atoms. The number of nitriles is 1. The Hall–Kier alpha value is -0.840. The van der Waals surface area contributed by atoms with Gasteiger partial charge in [-0.25, -0.2) is 0 Å². The molecule has 0 aromatic carbocycles. The van der Waals surface area contributed by atoms with Crippen LogP contribution in [0.3, 0.4) is 0 Å². The fourth-order valence-electron chi connectivity index (χ4n) is 1.11. The van der Waals surface area contributed by atoms with Gasteiger partial charge in [-0.15, -0.1) is 0 Å². The number of likely N-dealkylation sites (N-methyl/N-ethyl adjacent to an activating group) is 1. The maximum Gasteiger partial charge on any atom is 0.405 e. The summed E-state index contributed by atoms with van der Waals surface area (Å²) in [6, 6.07) is 1.24. The first-order valence-electron chi connectivity index (χ1n) is 5.26. The maximum absolute atomic E-state index is 12.2. The second-order valence-corrected chi connectivity index (χ2v) is 3.72. The molecule has 1 N–H and O–H groups in total. The van der Waals surface area contributed by atoms with Crippen molar-refractivity contribution in [1.29, 1.82) is 5.26 Å². The zero-order valence-corrected chi connectivity index (χ0v) is 10.0. The number of nitrogens with one attached hydrogen (secondary N) is 1. The Labute approximate surface area is 99.3 Å². The average molecular weight is 253 g/mol. The summed E-state index contributed by atoms with van der Waals surface area (Å²) < 4.78 is 41.4. The molecule has 0 aliphatic carbocycles. The molecule has 0 amide bonds. The molecule has 0 bridgehead atoms. The van der Waals surface area contributed by atoms with Crippen LogP contribution < -0.4 is 5.32 Å². The van der Waals surface area contributed by atoms with Crippen LogP contribution in [0.4, 0.5) is 13.2 Å². The quantitative estimate of drug-likeness (QED) is 0.652. The molecule has 0 saturated heterocycles. The third kappa shape index (κ3) is 7.96. The lowest BCUT2D eigenvalue weighted by atomic mass is 10.1. The van der Waals surface area contributed by atoms with E-state index in [4.69, 9.17) is 10.00 Å². The first-order valence-corrected chi connectivity index (χ1v) is 5.26. The molecule has 100 valence electrons. The van der Waals surface area contributed by atoms with Crippen molar-refractivity contribution >= 4 is 0 Å². The number of methoxy groups -OCH3 is 1. The number of nitrogens with zero attached hydrogens (tertiary/aromatic N) is 2. The van der Waals surface area contributed by atoms with Gasteiger partial charge in [-0.1, -0.05) is 0 Å². The highest BCUT2D eigenvalue weighted by molar-refractivity contribution is 4.89. The molecule has 1 unspecified atom stereocenters. The van der Waals surface area contributed by atoms with Crippen molar-refractivity contribution in [3.63, 3.8) is 0 Å². The second-order valence-electron chi connectivity index (χ2n) is 3.72. The monoisotopic (exact) mass is 253 g/mol. The van der Waals surface area contributed by atoms with Crippen LogP contribution >= 0.6 is 0 Å². The molecular formula is C10H18F3N3O. The van der Waals surface area contributed by atoms with Gasteiger partial charge in [-0.3, -0.25) is 0 Å². The summed E-state index contributed by atoms with van der Waals surface area (Å²) in [6.07, 6.45) is -4.45. The Morgan fingerprint density at radius 1 is 1.41 bits per heavy atom. The van der Waals surface area contributed by atoms with Gasteiger partial charge in [0.05, 0.1) is 12.7 Å². The molecule has 0 rings (SSSR count). The van der Waals surface area contributed by atoms with Gasteiger partial charge in [0.15, 0.2) is 5.92 Å². The number of halogens is 3. The van der Waals surface area contributed by atoms with E-state index in [0.29, 0.717) is 19.7 Å². The third-order valence-corrected chi connectivity index (χ3v) is 2.25. The van der Waals surface area contributed by atoms with Crippen LogP contribution in [0.2, 0.25) is 0 Å². The first-order chi connectivity index (χ1) is 7.91. The molecule has 1 atom stereocenters. The summed E-state index contributed by atoms with van der Waals surface area (Å²) in [7, 11) is 3.44. The average Bonchev–Trinajstić information content (AvgIpc) is 2.24. The zero-order chi connectivity index (χ0) is 13.3. The Balaban J connectivity index is 3.67. The van der Waals surface area contributed by atoms with Crippen LogP contribution in [-0.4, -0.2) is 58.0 Å². The van der Waals surface area contributed by atoms with Gasteiger partial charge in [-0.2, -0.15) is 18.4 Å². The molecule has 4 nitrogen and oxygen atoms in total. The molecule has 0 radical (unpaired) electrons. The van der Waals surface area contributed by atoms with Crippen LogP contribution in [0.5, 0.6) is 0 Å². The molecule has 0 aromatic heterocycles. The van der Waals surface area contributed by atoms with Crippen LogP contribution in [0.25, 0.3) is 0 Å². The van der Waals surface area contributed by atoms with Crippen molar-refractivity contribution in [1.82, 2.24) is 10.2 Å². The summed E-state index contributed by atoms with van der Waals surface area (Å²) >= 11 is 0. The van der Waals surface area contributed by atoms with E-state index in [1.165, 1.54) is 6.07 Å². The fraction of sp³-hybridized carbons (Fsp3) is 0.900. The number of rotatable bonds is 8. The van der Waals surface area contributed by atoms with Gasteiger partial charge < -0.3 is 15.0 Å². The van der Waals surface area contributed by atoms with Crippen LogP contribution in [0.1, 0.15) is 0 Å². The number of ether oxygens (including phenoxy) is 1. The molecule has 7 heteroatoms. The summed E-state index contributed by atoms with van der Waals surface area (Å²) in [5.41, 5.74) is 0. The molecular weight excluding hydrogens is 235 g/mol. The van der Waals surface area contributed by atoms with Crippen molar-refractivity contribution in [2.45, 2.75) is 6.18 Å².